The lowest BCUT2D eigenvalue weighted by Crippen LogP contribution is -2.18. The molecular formula is C24H21N3O3. The number of hydrogen-bond donors (Lipinski definition) is 2. The van der Waals surface area contributed by atoms with Crippen molar-refractivity contribution in [1.82, 2.24) is 4.57 Å². The number of nitrogens with zero attached hydrogens (tertiary/aromatic N) is 1. The highest BCUT2D eigenvalue weighted by atomic mass is 16.5. The largest absolute Gasteiger partial charge is 0.497 e. The fourth-order valence-electron chi connectivity index (χ4n) is 3.44. The highest BCUT2D eigenvalue weighted by molar-refractivity contribution is 6.20. The number of hydrogen-bond acceptors (Lipinski definition) is 4. The van der Waals surface area contributed by atoms with E-state index in [2.05, 4.69) is 5.32 Å². The van der Waals surface area contributed by atoms with Crippen LogP contribution in [0.4, 0.5) is 11.5 Å². The molecular weight excluding hydrogens is 378 g/mol. The van der Waals surface area contributed by atoms with Crippen molar-refractivity contribution in [2.75, 3.05) is 18.2 Å². The summed E-state index contributed by atoms with van der Waals surface area (Å²) < 4.78 is 6.59. The molecule has 0 radical (unpaired) electrons. The minimum absolute atomic E-state index is 0.0992. The molecule has 0 saturated carbocycles. The van der Waals surface area contributed by atoms with Gasteiger partial charge in [0.2, 0.25) is 0 Å². The summed E-state index contributed by atoms with van der Waals surface area (Å²) in [7, 11) is 1.56. The van der Waals surface area contributed by atoms with Crippen LogP contribution in [-0.2, 0) is 0 Å². The van der Waals surface area contributed by atoms with Crippen molar-refractivity contribution in [3.05, 3.63) is 89.5 Å². The van der Waals surface area contributed by atoms with Gasteiger partial charge in [0.05, 0.1) is 18.2 Å². The summed E-state index contributed by atoms with van der Waals surface area (Å²) in [6, 6.07) is 21.5. The Bertz CT molecular complexity index is 1260. The molecule has 0 aliphatic heterocycles. The Morgan fingerprint density at radius 2 is 1.70 bits per heavy atom. The zero-order valence-electron chi connectivity index (χ0n) is 16.7. The van der Waals surface area contributed by atoms with Crippen LogP contribution in [0.25, 0.3) is 10.9 Å². The minimum atomic E-state index is -0.396. The average Bonchev–Trinajstić information content (AvgIpc) is 3.05. The molecule has 1 aromatic heterocycles. The second-order valence-corrected chi connectivity index (χ2v) is 6.97. The van der Waals surface area contributed by atoms with Gasteiger partial charge in [-0.25, -0.2) is 0 Å². The maximum absolute atomic E-state index is 13.2. The van der Waals surface area contributed by atoms with E-state index in [0.29, 0.717) is 27.9 Å². The zero-order chi connectivity index (χ0) is 21.3. The van der Waals surface area contributed by atoms with Crippen LogP contribution in [-0.4, -0.2) is 23.5 Å². The topological polar surface area (TPSA) is 86.3 Å². The van der Waals surface area contributed by atoms with Crippen molar-refractivity contribution < 1.29 is 14.3 Å². The second-order valence-electron chi connectivity index (χ2n) is 6.97. The SMILES string of the molecule is COc1cccc(NC(=O)c2c(N)n(C(=O)c3ccc(C)cc3)c3ccccc23)c1. The predicted molar refractivity (Wildman–Crippen MR) is 118 cm³/mol. The number of aryl methyl sites for hydroxylation is 1. The van der Waals surface area contributed by atoms with Crippen LogP contribution in [0.5, 0.6) is 5.75 Å². The van der Waals surface area contributed by atoms with Gasteiger partial charge in [0, 0.05) is 22.7 Å². The number of para-hydroxylation sites is 1. The number of carbonyl (C=O) groups excluding carboxylic acids is 2. The Kier molecular flexibility index (Phi) is 4.98. The second kappa shape index (κ2) is 7.75. The first-order chi connectivity index (χ1) is 14.5. The predicted octanol–water partition coefficient (Wildman–Crippen LogP) is 4.48. The third-order valence-electron chi connectivity index (χ3n) is 4.97. The third kappa shape index (κ3) is 3.39. The average molecular weight is 399 g/mol. The van der Waals surface area contributed by atoms with E-state index in [1.54, 1.807) is 55.6 Å². The van der Waals surface area contributed by atoms with Gasteiger partial charge >= 0.3 is 0 Å². The Labute approximate surface area is 173 Å². The van der Waals surface area contributed by atoms with Crippen LogP contribution in [0.3, 0.4) is 0 Å². The molecule has 4 rings (SSSR count). The van der Waals surface area contributed by atoms with Gasteiger partial charge in [-0.3, -0.25) is 14.2 Å². The fourth-order valence-corrected chi connectivity index (χ4v) is 3.44. The van der Waals surface area contributed by atoms with Crippen molar-refractivity contribution in [3.8, 4) is 5.75 Å². The molecule has 0 bridgehead atoms. The number of benzene rings is 3. The number of nitrogens with two attached hydrogens (primary N) is 1. The van der Waals surface area contributed by atoms with Crippen molar-refractivity contribution >= 4 is 34.2 Å². The van der Waals surface area contributed by atoms with Crippen molar-refractivity contribution in [2.24, 2.45) is 0 Å². The van der Waals surface area contributed by atoms with Crippen LogP contribution in [0.2, 0.25) is 0 Å². The van der Waals surface area contributed by atoms with Gasteiger partial charge in [-0.05, 0) is 37.3 Å². The van der Waals surface area contributed by atoms with Crippen LogP contribution in [0, 0.1) is 6.92 Å². The molecule has 1 heterocycles. The fraction of sp³-hybridized carbons (Fsp3) is 0.0833. The summed E-state index contributed by atoms with van der Waals surface area (Å²) in [5.74, 6) is 0.0384. The number of fused-ring (bicyclic) bond motifs is 1. The molecule has 30 heavy (non-hydrogen) atoms. The maximum Gasteiger partial charge on any atom is 0.263 e. The minimum Gasteiger partial charge on any atom is -0.497 e. The number of amides is 1. The van der Waals surface area contributed by atoms with Crippen LogP contribution >= 0.6 is 0 Å². The Morgan fingerprint density at radius 1 is 0.967 bits per heavy atom. The molecule has 0 saturated heterocycles. The summed E-state index contributed by atoms with van der Waals surface area (Å²) in [4.78, 5) is 26.3. The van der Waals surface area contributed by atoms with Gasteiger partial charge in [0.25, 0.3) is 11.8 Å². The quantitative estimate of drug-likeness (QED) is 0.530. The van der Waals surface area contributed by atoms with Gasteiger partial charge in [-0.1, -0.05) is 42.0 Å². The molecule has 0 aliphatic carbocycles. The monoisotopic (exact) mass is 399 g/mol. The molecule has 3 N–H and O–H groups in total. The van der Waals surface area contributed by atoms with Crippen molar-refractivity contribution in [3.63, 3.8) is 0 Å². The van der Waals surface area contributed by atoms with E-state index in [-0.39, 0.29) is 17.3 Å². The van der Waals surface area contributed by atoms with Gasteiger partial charge in [-0.2, -0.15) is 0 Å². The van der Waals surface area contributed by atoms with Crippen molar-refractivity contribution in [1.29, 1.82) is 0 Å². The van der Waals surface area contributed by atoms with E-state index in [1.807, 2.05) is 31.2 Å². The lowest BCUT2D eigenvalue weighted by atomic mass is 10.1. The summed E-state index contributed by atoms with van der Waals surface area (Å²) in [6.45, 7) is 1.95. The first-order valence-electron chi connectivity index (χ1n) is 9.45. The highest BCUT2D eigenvalue weighted by Crippen LogP contribution is 2.30. The third-order valence-corrected chi connectivity index (χ3v) is 4.97. The molecule has 6 nitrogen and oxygen atoms in total. The number of aromatic nitrogens is 1. The molecule has 0 fully saturated rings. The summed E-state index contributed by atoms with van der Waals surface area (Å²) in [5.41, 5.74) is 9.30. The van der Waals surface area contributed by atoms with E-state index < -0.39 is 5.91 Å². The molecule has 3 aromatic carbocycles. The lowest BCUT2D eigenvalue weighted by molar-refractivity contribution is 0.0967. The van der Waals surface area contributed by atoms with Crippen molar-refractivity contribution in [2.45, 2.75) is 6.92 Å². The number of carbonyl (C=O) groups is 2. The van der Waals surface area contributed by atoms with Gasteiger partial charge in [0.1, 0.15) is 11.6 Å². The van der Waals surface area contributed by atoms with E-state index in [1.165, 1.54) is 4.57 Å². The first kappa shape index (κ1) is 19.3. The molecule has 0 atom stereocenters. The molecule has 150 valence electrons. The summed E-state index contributed by atoms with van der Waals surface area (Å²) in [6.07, 6.45) is 0. The van der Waals surface area contributed by atoms with Crippen LogP contribution < -0.4 is 15.8 Å². The number of ether oxygens (including phenoxy) is 1. The highest BCUT2D eigenvalue weighted by Gasteiger charge is 2.24. The molecule has 0 unspecified atom stereocenters. The smallest absolute Gasteiger partial charge is 0.263 e. The Morgan fingerprint density at radius 3 is 2.43 bits per heavy atom. The molecule has 1 amide bonds. The summed E-state index contributed by atoms with van der Waals surface area (Å²) in [5, 5.41) is 3.45. The number of anilines is 2. The molecule has 4 aromatic rings. The number of methoxy groups -OCH3 is 1. The summed E-state index contributed by atoms with van der Waals surface area (Å²) >= 11 is 0. The Balaban J connectivity index is 1.79. The van der Waals surface area contributed by atoms with E-state index in [0.717, 1.165) is 5.56 Å². The van der Waals surface area contributed by atoms with E-state index in [4.69, 9.17) is 10.5 Å². The lowest BCUT2D eigenvalue weighted by Gasteiger charge is -2.09. The number of rotatable bonds is 4. The van der Waals surface area contributed by atoms with Gasteiger partial charge < -0.3 is 15.8 Å². The molecule has 0 spiro atoms. The van der Waals surface area contributed by atoms with Crippen LogP contribution in [0.15, 0.2) is 72.8 Å². The van der Waals surface area contributed by atoms with Gasteiger partial charge in [0.15, 0.2) is 0 Å². The normalized spacial score (nSPS) is 10.7. The number of nitrogen functional groups attached to an aromatic ring is 1. The maximum atomic E-state index is 13.2. The Hall–Kier alpha value is -4.06. The van der Waals surface area contributed by atoms with Gasteiger partial charge in [-0.15, -0.1) is 0 Å². The first-order valence-corrected chi connectivity index (χ1v) is 9.45. The zero-order valence-corrected chi connectivity index (χ0v) is 16.7. The van der Waals surface area contributed by atoms with Crippen LogP contribution in [0.1, 0.15) is 26.3 Å². The van der Waals surface area contributed by atoms with E-state index in [9.17, 15) is 9.59 Å². The molecule has 0 aliphatic rings. The number of nitrogens with one attached hydrogen (secondary N) is 1. The molecule has 6 heteroatoms. The standard InChI is InChI=1S/C24H21N3O3/c1-15-10-12-16(13-11-15)24(29)27-20-9-4-3-8-19(20)21(22(27)25)23(28)26-17-6-5-7-18(14-17)30-2/h3-14H,25H2,1-2H3,(H,26,28). The van der Waals surface area contributed by atoms with E-state index >= 15 is 0 Å².